The Hall–Kier alpha value is -2.25. The lowest BCUT2D eigenvalue weighted by molar-refractivity contribution is -0.274. The summed E-state index contributed by atoms with van der Waals surface area (Å²) < 4.78 is 40.2. The summed E-state index contributed by atoms with van der Waals surface area (Å²) in [6.07, 6.45) is 0.557. The van der Waals surface area contributed by atoms with Gasteiger partial charge in [0.1, 0.15) is 5.75 Å². The molecule has 0 aliphatic heterocycles. The quantitative estimate of drug-likeness (QED) is 0.812. The number of carbonyl (C=O) groups is 2. The first-order valence-corrected chi connectivity index (χ1v) is 9.09. The fraction of sp³-hybridized carbons (Fsp3) is 0.579. The van der Waals surface area contributed by atoms with E-state index in [1.807, 2.05) is 0 Å². The van der Waals surface area contributed by atoms with E-state index in [0.29, 0.717) is 23.9 Å². The van der Waals surface area contributed by atoms with E-state index in [4.69, 9.17) is 0 Å². The molecule has 0 unspecified atom stereocenters. The average molecular weight is 384 g/mol. The van der Waals surface area contributed by atoms with Crippen LogP contribution in [0.5, 0.6) is 5.75 Å². The van der Waals surface area contributed by atoms with Crippen molar-refractivity contribution in [3.63, 3.8) is 0 Å². The van der Waals surface area contributed by atoms with Crippen LogP contribution in [0.2, 0.25) is 0 Å². The van der Waals surface area contributed by atoms with Crippen LogP contribution in [-0.4, -0.2) is 36.7 Å². The minimum absolute atomic E-state index is 0.0448. The summed E-state index contributed by atoms with van der Waals surface area (Å²) >= 11 is 0. The Kier molecular flexibility index (Phi) is 5.62. The van der Waals surface area contributed by atoms with Gasteiger partial charge in [-0.25, -0.2) is 0 Å². The molecule has 8 heteroatoms. The SMILES string of the molecule is CN(CC(=O)Nc1ccc(OC(F)(F)F)cc1)C(=O)C[C@H]1C[C@H]2CC[C@@H]1C2. The van der Waals surface area contributed by atoms with Gasteiger partial charge in [-0.05, 0) is 61.3 Å². The Labute approximate surface area is 155 Å². The first-order valence-electron chi connectivity index (χ1n) is 9.09. The van der Waals surface area contributed by atoms with Gasteiger partial charge in [-0.15, -0.1) is 13.2 Å². The molecule has 0 aromatic heterocycles. The van der Waals surface area contributed by atoms with Crippen LogP contribution in [0.3, 0.4) is 0 Å². The zero-order chi connectivity index (χ0) is 19.6. The van der Waals surface area contributed by atoms with E-state index >= 15 is 0 Å². The predicted octanol–water partition coefficient (Wildman–Crippen LogP) is 3.81. The topological polar surface area (TPSA) is 58.6 Å². The highest BCUT2D eigenvalue weighted by molar-refractivity contribution is 5.94. The van der Waals surface area contributed by atoms with Crippen molar-refractivity contribution in [1.29, 1.82) is 0 Å². The first kappa shape index (κ1) is 19.5. The molecule has 0 spiro atoms. The van der Waals surface area contributed by atoms with Gasteiger partial charge in [0.2, 0.25) is 11.8 Å². The van der Waals surface area contributed by atoms with Crippen molar-refractivity contribution in [3.8, 4) is 5.75 Å². The standard InChI is InChI=1S/C19H23F3N2O3/c1-24(18(26)10-14-9-12-2-3-13(14)8-12)11-17(25)23-15-4-6-16(7-5-15)27-19(20,21)22/h4-7,12-14H,2-3,8-11H2,1H3,(H,23,25)/t12-,13+,14+/m0/s1. The highest BCUT2D eigenvalue weighted by Crippen LogP contribution is 2.49. The molecule has 27 heavy (non-hydrogen) atoms. The van der Waals surface area contributed by atoms with Crippen LogP contribution in [0.25, 0.3) is 0 Å². The molecule has 2 saturated carbocycles. The second-order valence-corrected chi connectivity index (χ2v) is 7.51. The van der Waals surface area contributed by atoms with Crippen LogP contribution in [-0.2, 0) is 9.59 Å². The molecule has 3 rings (SSSR count). The number of carbonyl (C=O) groups excluding carboxylic acids is 2. The van der Waals surface area contributed by atoms with E-state index in [0.717, 1.165) is 24.5 Å². The predicted molar refractivity (Wildman–Crippen MR) is 92.9 cm³/mol. The van der Waals surface area contributed by atoms with Gasteiger partial charge in [0, 0.05) is 19.2 Å². The lowest BCUT2D eigenvalue weighted by Crippen LogP contribution is -2.36. The highest BCUT2D eigenvalue weighted by Gasteiger charge is 2.40. The number of likely N-dealkylation sites (N-methyl/N-ethyl adjacent to an activating group) is 1. The maximum atomic E-state index is 12.4. The van der Waals surface area contributed by atoms with Crippen LogP contribution >= 0.6 is 0 Å². The van der Waals surface area contributed by atoms with Crippen LogP contribution in [0.1, 0.15) is 32.1 Å². The Morgan fingerprint density at radius 3 is 2.44 bits per heavy atom. The molecule has 0 radical (unpaired) electrons. The average Bonchev–Trinajstić information content (AvgIpc) is 3.18. The van der Waals surface area contributed by atoms with Crippen molar-refractivity contribution in [3.05, 3.63) is 24.3 Å². The first-order chi connectivity index (χ1) is 12.7. The molecule has 1 N–H and O–H groups in total. The van der Waals surface area contributed by atoms with E-state index in [9.17, 15) is 22.8 Å². The molecule has 5 nitrogen and oxygen atoms in total. The van der Waals surface area contributed by atoms with Crippen molar-refractivity contribution in [2.75, 3.05) is 18.9 Å². The van der Waals surface area contributed by atoms with Crippen LogP contribution in [0.4, 0.5) is 18.9 Å². The van der Waals surface area contributed by atoms with Crippen molar-refractivity contribution in [2.24, 2.45) is 17.8 Å². The van der Waals surface area contributed by atoms with E-state index < -0.39 is 12.3 Å². The van der Waals surface area contributed by atoms with Gasteiger partial charge in [-0.1, -0.05) is 6.42 Å². The lowest BCUT2D eigenvalue weighted by Gasteiger charge is -2.24. The molecule has 1 aromatic carbocycles. The molecule has 2 aliphatic rings. The fourth-order valence-electron chi connectivity index (χ4n) is 4.25. The number of hydrogen-bond donors (Lipinski definition) is 1. The number of hydrogen-bond acceptors (Lipinski definition) is 3. The third kappa shape index (κ3) is 5.37. The number of benzene rings is 1. The van der Waals surface area contributed by atoms with Crippen molar-refractivity contribution in [2.45, 2.75) is 38.5 Å². The normalized spacial score (nSPS) is 23.9. The highest BCUT2D eigenvalue weighted by atomic mass is 19.4. The minimum Gasteiger partial charge on any atom is -0.406 e. The van der Waals surface area contributed by atoms with Gasteiger partial charge in [0.25, 0.3) is 0 Å². The second kappa shape index (κ2) is 7.78. The van der Waals surface area contributed by atoms with Crippen molar-refractivity contribution >= 4 is 17.5 Å². The van der Waals surface area contributed by atoms with E-state index in [1.165, 1.54) is 36.3 Å². The number of fused-ring (bicyclic) bond motifs is 2. The summed E-state index contributed by atoms with van der Waals surface area (Å²) in [5.74, 6) is 1.05. The minimum atomic E-state index is -4.76. The number of alkyl halides is 3. The molecular weight excluding hydrogens is 361 g/mol. The summed E-state index contributed by atoms with van der Waals surface area (Å²) in [4.78, 5) is 25.9. The largest absolute Gasteiger partial charge is 0.573 e. The van der Waals surface area contributed by atoms with Crippen LogP contribution < -0.4 is 10.1 Å². The smallest absolute Gasteiger partial charge is 0.406 e. The monoisotopic (exact) mass is 384 g/mol. The number of amides is 2. The van der Waals surface area contributed by atoms with Gasteiger partial charge < -0.3 is 15.0 Å². The van der Waals surface area contributed by atoms with Crippen LogP contribution in [0.15, 0.2) is 24.3 Å². The van der Waals surface area contributed by atoms with Gasteiger partial charge in [-0.2, -0.15) is 0 Å². The summed E-state index contributed by atoms with van der Waals surface area (Å²) in [7, 11) is 1.59. The number of rotatable bonds is 6. The number of halogens is 3. The Morgan fingerprint density at radius 1 is 1.19 bits per heavy atom. The summed E-state index contributed by atoms with van der Waals surface area (Å²) in [6, 6.07) is 4.87. The molecule has 3 atom stereocenters. The van der Waals surface area contributed by atoms with E-state index in [2.05, 4.69) is 10.1 Å². The molecule has 148 valence electrons. The number of nitrogens with zero attached hydrogens (tertiary/aromatic N) is 1. The van der Waals surface area contributed by atoms with Gasteiger partial charge in [-0.3, -0.25) is 9.59 Å². The molecule has 1 aromatic rings. The Morgan fingerprint density at radius 2 is 1.89 bits per heavy atom. The van der Waals surface area contributed by atoms with Gasteiger partial charge >= 0.3 is 6.36 Å². The van der Waals surface area contributed by atoms with E-state index in [1.54, 1.807) is 7.05 Å². The van der Waals surface area contributed by atoms with Crippen molar-refractivity contribution < 1.29 is 27.5 Å². The number of anilines is 1. The maximum Gasteiger partial charge on any atom is 0.573 e. The fourth-order valence-corrected chi connectivity index (χ4v) is 4.25. The molecule has 2 amide bonds. The van der Waals surface area contributed by atoms with Gasteiger partial charge in [0.15, 0.2) is 0 Å². The number of ether oxygens (including phenoxy) is 1. The van der Waals surface area contributed by atoms with Crippen LogP contribution in [0, 0.1) is 17.8 Å². The number of nitrogens with one attached hydrogen (secondary N) is 1. The molecule has 2 bridgehead atoms. The van der Waals surface area contributed by atoms with E-state index in [-0.39, 0.29) is 18.2 Å². The summed E-state index contributed by atoms with van der Waals surface area (Å²) in [5.41, 5.74) is 0.337. The molecule has 0 heterocycles. The maximum absolute atomic E-state index is 12.4. The summed E-state index contributed by atoms with van der Waals surface area (Å²) in [6.45, 7) is -0.0968. The second-order valence-electron chi connectivity index (χ2n) is 7.51. The molecule has 2 aliphatic carbocycles. The third-order valence-electron chi connectivity index (χ3n) is 5.50. The molecular formula is C19H23F3N2O3. The Bertz CT molecular complexity index is 690. The van der Waals surface area contributed by atoms with Gasteiger partial charge in [0.05, 0.1) is 6.54 Å². The Balaban J connectivity index is 1.44. The lowest BCUT2D eigenvalue weighted by atomic mass is 9.86. The van der Waals surface area contributed by atoms with Crippen molar-refractivity contribution in [1.82, 2.24) is 4.90 Å². The summed E-state index contributed by atoms with van der Waals surface area (Å²) in [5, 5.41) is 2.57. The third-order valence-corrected chi connectivity index (χ3v) is 5.50. The molecule has 0 saturated heterocycles. The molecule has 2 fully saturated rings. The zero-order valence-corrected chi connectivity index (χ0v) is 15.1. The zero-order valence-electron chi connectivity index (χ0n) is 15.1.